The van der Waals surface area contributed by atoms with E-state index in [4.69, 9.17) is 19.9 Å². The van der Waals surface area contributed by atoms with E-state index in [2.05, 4.69) is 6.92 Å². The van der Waals surface area contributed by atoms with Crippen LogP contribution in [0.1, 0.15) is 58.3 Å². The van der Waals surface area contributed by atoms with Gasteiger partial charge in [0.25, 0.3) is 0 Å². The van der Waals surface area contributed by atoms with Gasteiger partial charge >= 0.3 is 0 Å². The van der Waals surface area contributed by atoms with Crippen molar-refractivity contribution in [2.24, 2.45) is 0 Å². The van der Waals surface area contributed by atoms with Crippen LogP contribution >= 0.6 is 0 Å². The van der Waals surface area contributed by atoms with Gasteiger partial charge in [-0.2, -0.15) is 0 Å². The Kier molecular flexibility index (Phi) is 15.7. The molecule has 0 rings (SSSR count). The van der Waals surface area contributed by atoms with Gasteiger partial charge in [-0.25, -0.2) is 0 Å². The zero-order valence-electron chi connectivity index (χ0n) is 12.4. The van der Waals surface area contributed by atoms with Gasteiger partial charge in [-0.05, 0) is 19.3 Å². The van der Waals surface area contributed by atoms with Crippen molar-refractivity contribution < 1.29 is 19.9 Å². The molecule has 0 amide bonds. The molecule has 116 valence electrons. The van der Waals surface area contributed by atoms with E-state index in [0.29, 0.717) is 26.1 Å². The minimum Gasteiger partial charge on any atom is -0.396 e. The molecule has 0 saturated carbocycles. The fraction of sp³-hybridized carbons (Fsp3) is 1.00. The average molecular weight is 277 g/mol. The summed E-state index contributed by atoms with van der Waals surface area (Å²) < 4.78 is 0. The first-order chi connectivity index (χ1) is 9.35. The SMILES string of the molecule is CCCCCCCCN(OCCCO)OCCCO. The number of hydrogen-bond donors (Lipinski definition) is 2. The lowest BCUT2D eigenvalue weighted by molar-refractivity contribution is -0.369. The van der Waals surface area contributed by atoms with Crippen LogP contribution in [-0.2, 0) is 9.68 Å². The van der Waals surface area contributed by atoms with Crippen LogP contribution in [0.25, 0.3) is 0 Å². The Morgan fingerprint density at radius 3 is 1.79 bits per heavy atom. The lowest BCUT2D eigenvalue weighted by Gasteiger charge is -2.20. The first kappa shape index (κ1) is 18.8. The van der Waals surface area contributed by atoms with Crippen molar-refractivity contribution in [3.05, 3.63) is 0 Å². The van der Waals surface area contributed by atoms with E-state index < -0.39 is 0 Å². The molecule has 0 saturated heterocycles. The Balaban J connectivity index is 3.58. The molecule has 0 aliphatic heterocycles. The molecule has 5 heteroatoms. The molecule has 0 heterocycles. The predicted molar refractivity (Wildman–Crippen MR) is 75.4 cm³/mol. The molecule has 0 aromatic carbocycles. The lowest BCUT2D eigenvalue weighted by Crippen LogP contribution is -2.27. The average Bonchev–Trinajstić information content (AvgIpc) is 2.42. The van der Waals surface area contributed by atoms with Gasteiger partial charge in [0.05, 0.1) is 19.8 Å². The second-order valence-corrected chi connectivity index (χ2v) is 4.64. The first-order valence-electron chi connectivity index (χ1n) is 7.60. The van der Waals surface area contributed by atoms with E-state index in [1.165, 1.54) is 37.3 Å². The van der Waals surface area contributed by atoms with E-state index in [9.17, 15) is 0 Å². The quantitative estimate of drug-likeness (QED) is 0.355. The molecule has 5 nitrogen and oxygen atoms in total. The van der Waals surface area contributed by atoms with Crippen LogP contribution in [0.15, 0.2) is 0 Å². The molecule has 0 aliphatic carbocycles. The van der Waals surface area contributed by atoms with Gasteiger partial charge in [0.15, 0.2) is 0 Å². The van der Waals surface area contributed by atoms with Crippen LogP contribution in [0, 0.1) is 0 Å². The predicted octanol–water partition coefficient (Wildman–Crippen LogP) is 2.28. The molecule has 0 bridgehead atoms. The highest BCUT2D eigenvalue weighted by atomic mass is 16.9. The number of hydroxylamine groups is 2. The molecule has 2 N–H and O–H groups in total. The minimum absolute atomic E-state index is 0.126. The zero-order valence-corrected chi connectivity index (χ0v) is 12.4. The summed E-state index contributed by atoms with van der Waals surface area (Å²) >= 11 is 0. The molecule has 0 unspecified atom stereocenters. The Morgan fingerprint density at radius 2 is 1.26 bits per heavy atom. The smallest absolute Gasteiger partial charge is 0.0733 e. The third kappa shape index (κ3) is 14.0. The molecular weight excluding hydrogens is 246 g/mol. The van der Waals surface area contributed by atoms with Crippen molar-refractivity contribution in [2.75, 3.05) is 33.0 Å². The first-order valence-corrected chi connectivity index (χ1v) is 7.60. The fourth-order valence-electron chi connectivity index (χ4n) is 1.65. The van der Waals surface area contributed by atoms with E-state index >= 15 is 0 Å². The van der Waals surface area contributed by atoms with E-state index in [1.54, 1.807) is 0 Å². The van der Waals surface area contributed by atoms with Crippen molar-refractivity contribution in [3.8, 4) is 0 Å². The molecular formula is C14H31NO4. The summed E-state index contributed by atoms with van der Waals surface area (Å²) in [5, 5.41) is 18.9. The van der Waals surface area contributed by atoms with Crippen LogP contribution in [0.2, 0.25) is 0 Å². The molecule has 0 radical (unpaired) electrons. The largest absolute Gasteiger partial charge is 0.396 e. The number of rotatable bonds is 15. The van der Waals surface area contributed by atoms with E-state index in [1.807, 2.05) is 0 Å². The van der Waals surface area contributed by atoms with Gasteiger partial charge in [0, 0.05) is 13.2 Å². The molecule has 19 heavy (non-hydrogen) atoms. The summed E-state index contributed by atoms with van der Waals surface area (Å²) in [6.07, 6.45) is 8.57. The third-order valence-corrected chi connectivity index (χ3v) is 2.77. The van der Waals surface area contributed by atoms with Gasteiger partial charge in [-0.3, -0.25) is 9.68 Å². The highest BCUT2D eigenvalue weighted by Crippen LogP contribution is 2.07. The standard InChI is InChI=1S/C14H31NO4/c1-2-3-4-5-6-7-10-15(18-13-8-11-16)19-14-9-12-17/h16-17H,2-14H2,1H3. The Morgan fingerprint density at radius 1 is 0.737 bits per heavy atom. The van der Waals surface area contributed by atoms with Gasteiger partial charge in [-0.1, -0.05) is 44.3 Å². The summed E-state index contributed by atoms with van der Waals surface area (Å²) in [5.74, 6) is 0. The third-order valence-electron chi connectivity index (χ3n) is 2.77. The molecule has 0 aliphatic rings. The van der Waals surface area contributed by atoms with Crippen molar-refractivity contribution in [3.63, 3.8) is 0 Å². The van der Waals surface area contributed by atoms with Crippen molar-refractivity contribution in [1.29, 1.82) is 0 Å². The Hall–Kier alpha value is -0.200. The highest BCUT2D eigenvalue weighted by Gasteiger charge is 2.05. The molecule has 0 aromatic rings. The van der Waals surface area contributed by atoms with Crippen LogP contribution in [0.4, 0.5) is 0 Å². The molecule has 0 aromatic heterocycles. The summed E-state index contributed by atoms with van der Waals surface area (Å²) in [6, 6.07) is 0. The molecule has 0 spiro atoms. The van der Waals surface area contributed by atoms with Crippen molar-refractivity contribution in [2.45, 2.75) is 58.3 Å². The number of hydrogen-bond acceptors (Lipinski definition) is 5. The maximum absolute atomic E-state index is 8.72. The zero-order chi connectivity index (χ0) is 14.2. The number of aliphatic hydroxyl groups is 2. The van der Waals surface area contributed by atoms with Crippen LogP contribution in [0.3, 0.4) is 0 Å². The lowest BCUT2D eigenvalue weighted by atomic mass is 10.1. The van der Waals surface area contributed by atoms with Gasteiger partial charge in [0.1, 0.15) is 0 Å². The summed E-state index contributed by atoms with van der Waals surface area (Å²) in [7, 11) is 0. The number of aliphatic hydroxyl groups excluding tert-OH is 2. The highest BCUT2D eigenvalue weighted by molar-refractivity contribution is 4.45. The van der Waals surface area contributed by atoms with Crippen molar-refractivity contribution in [1.82, 2.24) is 5.23 Å². The summed E-state index contributed by atoms with van der Waals surface area (Å²) in [6.45, 7) is 4.13. The topological polar surface area (TPSA) is 62.2 Å². The normalized spacial score (nSPS) is 11.4. The van der Waals surface area contributed by atoms with E-state index in [0.717, 1.165) is 13.0 Å². The second kappa shape index (κ2) is 15.9. The number of unbranched alkanes of at least 4 members (excludes halogenated alkanes) is 5. The van der Waals surface area contributed by atoms with Gasteiger partial charge < -0.3 is 10.2 Å². The van der Waals surface area contributed by atoms with Crippen molar-refractivity contribution >= 4 is 0 Å². The molecule has 0 atom stereocenters. The second-order valence-electron chi connectivity index (χ2n) is 4.64. The van der Waals surface area contributed by atoms with Gasteiger partial charge in [0.2, 0.25) is 0 Å². The summed E-state index contributed by atoms with van der Waals surface area (Å²) in [5.41, 5.74) is 0. The minimum atomic E-state index is 0.126. The van der Waals surface area contributed by atoms with Crippen LogP contribution in [0.5, 0.6) is 0 Å². The van der Waals surface area contributed by atoms with Crippen LogP contribution < -0.4 is 0 Å². The monoisotopic (exact) mass is 277 g/mol. The maximum Gasteiger partial charge on any atom is 0.0733 e. The maximum atomic E-state index is 8.72. The van der Waals surface area contributed by atoms with Crippen LogP contribution in [-0.4, -0.2) is 48.4 Å². The Bertz CT molecular complexity index is 160. The fourth-order valence-corrected chi connectivity index (χ4v) is 1.65. The number of nitrogens with zero attached hydrogens (tertiary/aromatic N) is 1. The Labute approximate surface area is 117 Å². The van der Waals surface area contributed by atoms with E-state index in [-0.39, 0.29) is 13.2 Å². The molecule has 0 fully saturated rings. The summed E-state index contributed by atoms with van der Waals surface area (Å²) in [4.78, 5) is 10.9. The van der Waals surface area contributed by atoms with Gasteiger partial charge in [-0.15, -0.1) is 0 Å².